The minimum Gasteiger partial charge on any atom is -0.342 e. The molecule has 24 heavy (non-hydrogen) atoms. The zero-order chi connectivity index (χ0) is 16.9. The van der Waals surface area contributed by atoms with Crippen molar-refractivity contribution in [2.24, 2.45) is 5.92 Å². The van der Waals surface area contributed by atoms with Gasteiger partial charge in [0.05, 0.1) is 5.92 Å². The minimum atomic E-state index is -0.175. The summed E-state index contributed by atoms with van der Waals surface area (Å²) < 4.78 is 0. The fraction of sp³-hybridized carbons (Fsp3) is 0.316. The summed E-state index contributed by atoms with van der Waals surface area (Å²) in [6, 6.07) is 13.6. The Morgan fingerprint density at radius 1 is 1.21 bits per heavy atom. The fourth-order valence-corrected chi connectivity index (χ4v) is 3.00. The van der Waals surface area contributed by atoms with Crippen LogP contribution in [0.3, 0.4) is 0 Å². The quantitative estimate of drug-likeness (QED) is 0.941. The molecule has 2 amide bonds. The van der Waals surface area contributed by atoms with Gasteiger partial charge in [-0.05, 0) is 24.1 Å². The van der Waals surface area contributed by atoms with E-state index < -0.39 is 0 Å². The molecule has 124 valence electrons. The number of likely N-dealkylation sites (tertiary alicyclic amines) is 1. The molecule has 0 radical (unpaired) electrons. The van der Waals surface area contributed by atoms with E-state index in [1.165, 1.54) is 0 Å². The maximum absolute atomic E-state index is 12.6. The second kappa shape index (κ2) is 7.25. The van der Waals surface area contributed by atoms with Gasteiger partial charge < -0.3 is 10.2 Å². The van der Waals surface area contributed by atoms with Gasteiger partial charge in [-0.15, -0.1) is 0 Å². The van der Waals surface area contributed by atoms with Gasteiger partial charge in [0.25, 0.3) is 0 Å². The van der Waals surface area contributed by atoms with Crippen molar-refractivity contribution in [2.45, 2.75) is 19.8 Å². The van der Waals surface area contributed by atoms with Crippen LogP contribution in [0.4, 0.5) is 5.82 Å². The molecular weight excluding hydrogens is 302 g/mol. The van der Waals surface area contributed by atoms with Crippen molar-refractivity contribution in [3.63, 3.8) is 0 Å². The van der Waals surface area contributed by atoms with Crippen LogP contribution in [0.5, 0.6) is 0 Å². The van der Waals surface area contributed by atoms with Crippen LogP contribution in [0.25, 0.3) is 11.1 Å². The first kappa shape index (κ1) is 16.2. The predicted molar refractivity (Wildman–Crippen MR) is 93.3 cm³/mol. The molecule has 0 bridgehead atoms. The van der Waals surface area contributed by atoms with Crippen molar-refractivity contribution < 1.29 is 9.59 Å². The van der Waals surface area contributed by atoms with Gasteiger partial charge in [-0.3, -0.25) is 9.59 Å². The predicted octanol–water partition coefficient (Wildman–Crippen LogP) is 2.95. The molecule has 0 unspecified atom stereocenters. The standard InChI is InChI=1S/C19H21N3O2/c1-2-17(23)22-12-10-15(13-22)19(24)21-18-16(9-6-11-20-18)14-7-4-3-5-8-14/h3-9,11,15H,2,10,12-13H2,1H3,(H,20,21,24)/t15-/m1/s1. The van der Waals surface area contributed by atoms with Crippen LogP contribution in [0, 0.1) is 5.92 Å². The fourth-order valence-electron chi connectivity index (χ4n) is 3.00. The lowest BCUT2D eigenvalue weighted by molar-refractivity contribution is -0.130. The topological polar surface area (TPSA) is 62.3 Å². The summed E-state index contributed by atoms with van der Waals surface area (Å²) in [7, 11) is 0. The molecule has 1 aromatic carbocycles. The highest BCUT2D eigenvalue weighted by molar-refractivity contribution is 5.96. The third-order valence-electron chi connectivity index (χ3n) is 4.35. The molecule has 3 rings (SSSR count). The highest BCUT2D eigenvalue weighted by Crippen LogP contribution is 2.27. The number of hydrogen-bond acceptors (Lipinski definition) is 3. The van der Waals surface area contributed by atoms with Gasteiger partial charge in [0, 0.05) is 31.3 Å². The Morgan fingerprint density at radius 2 is 2.00 bits per heavy atom. The number of rotatable bonds is 4. The molecule has 2 heterocycles. The van der Waals surface area contributed by atoms with Gasteiger partial charge in [-0.2, -0.15) is 0 Å². The van der Waals surface area contributed by atoms with Crippen LogP contribution < -0.4 is 5.32 Å². The normalized spacial score (nSPS) is 16.9. The first-order valence-corrected chi connectivity index (χ1v) is 8.28. The highest BCUT2D eigenvalue weighted by Gasteiger charge is 2.30. The number of aromatic nitrogens is 1. The lowest BCUT2D eigenvalue weighted by Gasteiger charge is -2.16. The molecule has 0 aliphatic carbocycles. The second-order valence-electron chi connectivity index (χ2n) is 5.93. The van der Waals surface area contributed by atoms with Crippen LogP contribution in [0.1, 0.15) is 19.8 Å². The van der Waals surface area contributed by atoms with Crippen molar-refractivity contribution in [1.29, 1.82) is 0 Å². The van der Waals surface area contributed by atoms with Crippen molar-refractivity contribution in [3.8, 4) is 11.1 Å². The van der Waals surface area contributed by atoms with Crippen LogP contribution in [0.15, 0.2) is 48.7 Å². The Balaban J connectivity index is 1.73. The maximum atomic E-state index is 12.6. The summed E-state index contributed by atoms with van der Waals surface area (Å²) in [6.45, 7) is 2.99. The molecule has 1 aliphatic heterocycles. The van der Waals surface area contributed by atoms with E-state index >= 15 is 0 Å². The number of carbonyl (C=O) groups excluding carboxylic acids is 2. The molecule has 5 heteroatoms. The van der Waals surface area contributed by atoms with Gasteiger partial charge in [0.2, 0.25) is 11.8 Å². The van der Waals surface area contributed by atoms with Gasteiger partial charge in [-0.25, -0.2) is 4.98 Å². The molecule has 0 spiro atoms. The first-order chi connectivity index (χ1) is 11.7. The summed E-state index contributed by atoms with van der Waals surface area (Å²) in [5, 5.41) is 2.94. The smallest absolute Gasteiger partial charge is 0.230 e. The summed E-state index contributed by atoms with van der Waals surface area (Å²) in [4.78, 5) is 30.4. The van der Waals surface area contributed by atoms with E-state index in [9.17, 15) is 9.59 Å². The van der Waals surface area contributed by atoms with Crippen molar-refractivity contribution in [2.75, 3.05) is 18.4 Å². The average molecular weight is 323 g/mol. The third-order valence-corrected chi connectivity index (χ3v) is 4.35. The maximum Gasteiger partial charge on any atom is 0.230 e. The Kier molecular flexibility index (Phi) is 4.89. The van der Waals surface area contributed by atoms with E-state index in [1.807, 2.05) is 49.4 Å². The molecule has 1 fully saturated rings. The summed E-state index contributed by atoms with van der Waals surface area (Å²) in [6.07, 6.45) is 2.85. The summed E-state index contributed by atoms with van der Waals surface area (Å²) in [5.74, 6) is 0.422. The molecular formula is C19H21N3O2. The van der Waals surface area contributed by atoms with Gasteiger partial charge in [0.1, 0.15) is 5.82 Å². The van der Waals surface area contributed by atoms with E-state index in [2.05, 4.69) is 10.3 Å². The van der Waals surface area contributed by atoms with Crippen LogP contribution in [-0.2, 0) is 9.59 Å². The summed E-state index contributed by atoms with van der Waals surface area (Å²) >= 11 is 0. The lowest BCUT2D eigenvalue weighted by Crippen LogP contribution is -2.31. The van der Waals surface area contributed by atoms with Crippen molar-refractivity contribution >= 4 is 17.6 Å². The Labute approximate surface area is 141 Å². The molecule has 1 aromatic heterocycles. The zero-order valence-corrected chi connectivity index (χ0v) is 13.7. The molecule has 5 nitrogen and oxygen atoms in total. The monoisotopic (exact) mass is 323 g/mol. The number of pyridine rings is 1. The zero-order valence-electron chi connectivity index (χ0n) is 13.7. The lowest BCUT2D eigenvalue weighted by atomic mass is 10.1. The van der Waals surface area contributed by atoms with Gasteiger partial charge in [-0.1, -0.05) is 37.3 Å². The molecule has 1 atom stereocenters. The average Bonchev–Trinajstić information content (AvgIpc) is 3.12. The Hall–Kier alpha value is -2.69. The minimum absolute atomic E-state index is 0.0720. The molecule has 1 N–H and O–H groups in total. The summed E-state index contributed by atoms with van der Waals surface area (Å²) in [5.41, 5.74) is 1.90. The van der Waals surface area contributed by atoms with Crippen molar-refractivity contribution in [3.05, 3.63) is 48.7 Å². The number of nitrogens with zero attached hydrogens (tertiary/aromatic N) is 2. The van der Waals surface area contributed by atoms with Crippen LogP contribution in [-0.4, -0.2) is 34.8 Å². The van der Waals surface area contributed by atoms with Crippen LogP contribution >= 0.6 is 0 Å². The largest absolute Gasteiger partial charge is 0.342 e. The van der Waals surface area contributed by atoms with Gasteiger partial charge in [0.15, 0.2) is 0 Å². The number of amides is 2. The molecule has 2 aromatic rings. The molecule has 0 saturated carbocycles. The van der Waals surface area contributed by atoms with Crippen LogP contribution in [0.2, 0.25) is 0 Å². The van der Waals surface area contributed by atoms with E-state index in [0.717, 1.165) is 11.1 Å². The van der Waals surface area contributed by atoms with E-state index in [1.54, 1.807) is 11.1 Å². The number of anilines is 1. The molecule has 1 saturated heterocycles. The molecule has 1 aliphatic rings. The second-order valence-corrected chi connectivity index (χ2v) is 5.93. The number of hydrogen-bond donors (Lipinski definition) is 1. The number of benzene rings is 1. The number of nitrogens with one attached hydrogen (secondary N) is 1. The van der Waals surface area contributed by atoms with Crippen molar-refractivity contribution in [1.82, 2.24) is 9.88 Å². The SMILES string of the molecule is CCC(=O)N1CC[C@@H](C(=O)Nc2ncccc2-c2ccccc2)C1. The van der Waals surface area contributed by atoms with E-state index in [-0.39, 0.29) is 17.7 Å². The van der Waals surface area contributed by atoms with Gasteiger partial charge >= 0.3 is 0 Å². The number of carbonyl (C=O) groups is 2. The first-order valence-electron chi connectivity index (χ1n) is 8.28. The van der Waals surface area contributed by atoms with E-state index in [0.29, 0.717) is 31.7 Å². The highest BCUT2D eigenvalue weighted by atomic mass is 16.2. The Morgan fingerprint density at radius 3 is 2.75 bits per heavy atom. The van der Waals surface area contributed by atoms with E-state index in [4.69, 9.17) is 0 Å². The Bertz CT molecular complexity index is 730. The third kappa shape index (κ3) is 3.45.